The molecule has 1 heterocycles. The molecule has 98 valence electrons. The van der Waals surface area contributed by atoms with E-state index in [4.69, 9.17) is 22.7 Å². The van der Waals surface area contributed by atoms with Crippen molar-refractivity contribution in [3.05, 3.63) is 52.7 Å². The first-order valence-corrected chi connectivity index (χ1v) is 6.73. The number of pyridine rings is 1. The summed E-state index contributed by atoms with van der Waals surface area (Å²) in [6.07, 6.45) is 1.57. The van der Waals surface area contributed by atoms with Crippen LogP contribution in [-0.4, -0.2) is 9.60 Å². The zero-order chi connectivity index (χ0) is 13.8. The minimum atomic E-state index is 0.253. The zero-order valence-electron chi connectivity index (χ0n) is 9.95. The van der Waals surface area contributed by atoms with Crippen molar-refractivity contribution < 1.29 is 0 Å². The first-order chi connectivity index (χ1) is 9.09. The van der Waals surface area contributed by atoms with Gasteiger partial charge < -0.3 is 11.1 Å². The third-order valence-corrected chi connectivity index (χ3v) is 3.43. The van der Waals surface area contributed by atoms with E-state index >= 15 is 0 Å². The summed E-state index contributed by atoms with van der Waals surface area (Å²) in [5.41, 5.74) is 8.09. The van der Waals surface area contributed by atoms with E-state index in [1.165, 1.54) is 0 Å². The Kier molecular flexibility index (Phi) is 4.39. The Morgan fingerprint density at radius 2 is 2.11 bits per heavy atom. The molecule has 0 unspecified atom stereocenters. The monoisotopic (exact) mass is 338 g/mol. The summed E-state index contributed by atoms with van der Waals surface area (Å²) in [5, 5.41) is 11.5. The van der Waals surface area contributed by atoms with Crippen molar-refractivity contribution in [1.82, 2.24) is 4.98 Å². The van der Waals surface area contributed by atoms with E-state index in [0.717, 1.165) is 5.56 Å². The smallest absolute Gasteiger partial charge is 0.147 e. The van der Waals surface area contributed by atoms with Gasteiger partial charge in [-0.15, -0.1) is 0 Å². The molecular formula is C13H12BrClN4. The van der Waals surface area contributed by atoms with Crippen LogP contribution in [0.25, 0.3) is 0 Å². The average Bonchev–Trinajstić information content (AvgIpc) is 2.38. The van der Waals surface area contributed by atoms with Crippen molar-refractivity contribution in [3.63, 3.8) is 0 Å². The third kappa shape index (κ3) is 3.24. The number of rotatable bonds is 4. The Morgan fingerprint density at radius 1 is 1.37 bits per heavy atom. The van der Waals surface area contributed by atoms with E-state index in [9.17, 15) is 0 Å². The van der Waals surface area contributed by atoms with Crippen LogP contribution in [0.5, 0.6) is 0 Å². The first-order valence-electron chi connectivity index (χ1n) is 5.55. The van der Waals surface area contributed by atoms with Crippen molar-refractivity contribution in [2.45, 2.75) is 6.54 Å². The van der Waals surface area contributed by atoms with E-state index < -0.39 is 0 Å². The van der Waals surface area contributed by atoms with Gasteiger partial charge in [0.05, 0.1) is 5.69 Å². The molecule has 0 atom stereocenters. The minimum absolute atomic E-state index is 0.253. The quantitative estimate of drug-likeness (QED) is 0.744. The fourth-order valence-corrected chi connectivity index (χ4v) is 2.20. The maximum atomic E-state index is 7.67. The highest BCUT2D eigenvalue weighted by molar-refractivity contribution is 9.18. The lowest BCUT2D eigenvalue weighted by atomic mass is 10.2. The Hall–Kier alpha value is -1.59. The van der Waals surface area contributed by atoms with Gasteiger partial charge in [0.15, 0.2) is 0 Å². The number of halogens is 2. The summed E-state index contributed by atoms with van der Waals surface area (Å²) in [4.78, 5) is 4.02. The number of anilines is 2. The van der Waals surface area contributed by atoms with Crippen molar-refractivity contribution in [1.29, 1.82) is 5.41 Å². The number of hydrogen-bond donors (Lipinski definition) is 3. The van der Waals surface area contributed by atoms with E-state index in [0.29, 0.717) is 28.6 Å². The van der Waals surface area contributed by atoms with Gasteiger partial charge in [-0.25, -0.2) is 4.98 Å². The summed E-state index contributed by atoms with van der Waals surface area (Å²) in [6, 6.07) is 9.29. The molecule has 1 aromatic heterocycles. The molecule has 0 saturated carbocycles. The van der Waals surface area contributed by atoms with Gasteiger partial charge in [-0.05, 0) is 33.6 Å². The number of hydrogen-bond acceptors (Lipinski definition) is 4. The van der Waals surface area contributed by atoms with E-state index in [1.54, 1.807) is 12.3 Å². The number of benzene rings is 1. The molecule has 4 N–H and O–H groups in total. The maximum Gasteiger partial charge on any atom is 0.147 e. The third-order valence-electron chi connectivity index (χ3n) is 2.63. The summed E-state index contributed by atoms with van der Waals surface area (Å²) in [5.74, 6) is 0.355. The van der Waals surface area contributed by atoms with Gasteiger partial charge in [-0.2, -0.15) is 0 Å². The topological polar surface area (TPSA) is 74.8 Å². The predicted molar refractivity (Wildman–Crippen MR) is 83.2 cm³/mol. The highest BCUT2D eigenvalue weighted by atomic mass is 79.9. The lowest BCUT2D eigenvalue weighted by Crippen LogP contribution is -2.08. The van der Waals surface area contributed by atoms with E-state index in [1.807, 2.05) is 24.3 Å². The van der Waals surface area contributed by atoms with Crippen molar-refractivity contribution in [2.75, 3.05) is 11.1 Å². The SMILES string of the molecule is N=C(Br)c1ccnc(N)c1NCc1ccccc1Cl. The molecule has 2 rings (SSSR count). The summed E-state index contributed by atoms with van der Waals surface area (Å²) in [6.45, 7) is 0.517. The molecule has 4 nitrogen and oxygen atoms in total. The van der Waals surface area contributed by atoms with E-state index in [2.05, 4.69) is 26.2 Å². The number of nitrogen functional groups attached to an aromatic ring is 1. The molecule has 0 saturated heterocycles. The number of aromatic nitrogens is 1. The highest BCUT2D eigenvalue weighted by Crippen LogP contribution is 2.25. The molecule has 1 aromatic carbocycles. The molecule has 0 amide bonds. The molecule has 0 aliphatic heterocycles. The van der Waals surface area contributed by atoms with Gasteiger partial charge in [0.25, 0.3) is 0 Å². The van der Waals surface area contributed by atoms with Crippen molar-refractivity contribution in [2.24, 2.45) is 0 Å². The van der Waals surface area contributed by atoms with Crippen molar-refractivity contribution >= 4 is 43.7 Å². The van der Waals surface area contributed by atoms with Gasteiger partial charge in [0, 0.05) is 23.3 Å². The molecule has 6 heteroatoms. The lowest BCUT2D eigenvalue weighted by Gasteiger charge is -2.13. The van der Waals surface area contributed by atoms with E-state index in [-0.39, 0.29) is 4.62 Å². The molecule has 0 fully saturated rings. The fourth-order valence-electron chi connectivity index (χ4n) is 1.67. The molecule has 0 aliphatic carbocycles. The van der Waals surface area contributed by atoms with Gasteiger partial charge >= 0.3 is 0 Å². The normalized spacial score (nSPS) is 10.2. The average molecular weight is 340 g/mol. The summed E-state index contributed by atoms with van der Waals surface area (Å²) >= 11 is 9.24. The maximum absolute atomic E-state index is 7.67. The van der Waals surface area contributed by atoms with Crippen LogP contribution in [0.3, 0.4) is 0 Å². The Bertz CT molecular complexity index is 615. The lowest BCUT2D eigenvalue weighted by molar-refractivity contribution is 1.14. The van der Waals surface area contributed by atoms with Crippen molar-refractivity contribution in [3.8, 4) is 0 Å². The highest BCUT2D eigenvalue weighted by Gasteiger charge is 2.10. The molecule has 0 aliphatic rings. The van der Waals surface area contributed by atoms with Gasteiger partial charge in [0.2, 0.25) is 0 Å². The summed E-state index contributed by atoms with van der Waals surface area (Å²) in [7, 11) is 0. The second-order valence-electron chi connectivity index (χ2n) is 3.88. The molecule has 2 aromatic rings. The molecule has 0 bridgehead atoms. The number of nitrogens with zero attached hydrogens (tertiary/aromatic N) is 1. The largest absolute Gasteiger partial charge is 0.382 e. The molecule has 19 heavy (non-hydrogen) atoms. The van der Waals surface area contributed by atoms with Gasteiger partial charge in [-0.1, -0.05) is 29.8 Å². The predicted octanol–water partition coefficient (Wildman–Crippen LogP) is 3.65. The number of nitrogens with one attached hydrogen (secondary N) is 2. The van der Waals surface area contributed by atoms with Crippen LogP contribution in [0.1, 0.15) is 11.1 Å². The van der Waals surface area contributed by atoms with Crippen LogP contribution in [-0.2, 0) is 6.54 Å². The number of nitrogens with two attached hydrogens (primary N) is 1. The Morgan fingerprint density at radius 3 is 2.79 bits per heavy atom. The Balaban J connectivity index is 2.25. The van der Waals surface area contributed by atoms with Crippen LogP contribution in [0, 0.1) is 5.41 Å². The van der Waals surface area contributed by atoms with Crippen LogP contribution in [0.4, 0.5) is 11.5 Å². The van der Waals surface area contributed by atoms with Crippen LogP contribution in [0.15, 0.2) is 36.5 Å². The summed E-state index contributed by atoms with van der Waals surface area (Å²) < 4.78 is 0.253. The molecular weight excluding hydrogens is 328 g/mol. The fraction of sp³-hybridized carbons (Fsp3) is 0.0769. The van der Waals surface area contributed by atoms with Gasteiger partial charge in [0.1, 0.15) is 10.4 Å². The molecule has 0 radical (unpaired) electrons. The minimum Gasteiger partial charge on any atom is -0.382 e. The second kappa shape index (κ2) is 6.04. The van der Waals surface area contributed by atoms with Gasteiger partial charge in [-0.3, -0.25) is 5.41 Å². The standard InChI is InChI=1S/C13H12BrClN4/c14-12(16)9-5-6-18-13(17)11(9)19-7-8-3-1-2-4-10(8)15/h1-6,16,19H,7H2,(H2,17,18). The van der Waals surface area contributed by atoms with Crippen LogP contribution < -0.4 is 11.1 Å². The van der Waals surface area contributed by atoms with Crippen LogP contribution >= 0.6 is 27.5 Å². The zero-order valence-corrected chi connectivity index (χ0v) is 12.3. The second-order valence-corrected chi connectivity index (χ2v) is 5.08. The van der Waals surface area contributed by atoms with Crippen LogP contribution in [0.2, 0.25) is 5.02 Å². The Labute approximate surface area is 124 Å². The molecule has 0 spiro atoms. The first kappa shape index (κ1) is 13.8.